The van der Waals surface area contributed by atoms with E-state index in [1.54, 1.807) is 11.8 Å². The van der Waals surface area contributed by atoms with Gasteiger partial charge in [0.15, 0.2) is 0 Å². The number of imidazole rings is 2. The number of aliphatic carboxylic acids is 1. The lowest BCUT2D eigenvalue weighted by molar-refractivity contribution is -0.140. The molecule has 23 heteroatoms. The van der Waals surface area contributed by atoms with E-state index in [9.17, 15) is 28.8 Å². The summed E-state index contributed by atoms with van der Waals surface area (Å²) >= 11 is 0. The monoisotopic (exact) mass is 1450 g/mol. The molecule has 6 aliphatic heterocycles. The van der Waals surface area contributed by atoms with Crippen LogP contribution in [0.4, 0.5) is 19.2 Å². The number of hydrogen-bond acceptors (Lipinski definition) is 15. The Balaban J connectivity index is 0.000000175. The fourth-order valence-corrected chi connectivity index (χ4v) is 15.1. The molecule has 107 heavy (non-hydrogen) atoms. The van der Waals surface area contributed by atoms with Crippen molar-refractivity contribution in [2.45, 2.75) is 194 Å². The maximum atomic E-state index is 13.7. The fraction of sp³-hybridized carbons (Fsp3) is 0.452. The van der Waals surface area contributed by atoms with Crippen LogP contribution < -0.4 is 16.0 Å². The van der Waals surface area contributed by atoms with Gasteiger partial charge in [-0.1, -0.05) is 101 Å². The van der Waals surface area contributed by atoms with Gasteiger partial charge in [0.1, 0.15) is 34.9 Å². The van der Waals surface area contributed by atoms with E-state index in [0.29, 0.717) is 38.5 Å². The Hall–Kier alpha value is -10.4. The number of H-pyrrole nitrogens is 2. The van der Waals surface area contributed by atoms with E-state index in [2.05, 4.69) is 140 Å². The first-order valence-corrected chi connectivity index (χ1v) is 37.8. The van der Waals surface area contributed by atoms with Crippen LogP contribution >= 0.6 is 0 Å². The number of carboxylic acid groups (broad SMARTS) is 1. The van der Waals surface area contributed by atoms with Crippen LogP contribution in [-0.4, -0.2) is 163 Å². The molecule has 6 aromatic carbocycles. The molecule has 4 saturated heterocycles. The summed E-state index contributed by atoms with van der Waals surface area (Å²) in [7, 11) is 2.52. The lowest BCUT2D eigenvalue weighted by atomic mass is 9.94. The number of carbonyl (C=O) groups excluding carboxylic acids is 5. The van der Waals surface area contributed by atoms with Crippen LogP contribution in [-0.2, 0) is 28.5 Å². The molecule has 4 fully saturated rings. The third-order valence-electron chi connectivity index (χ3n) is 21.3. The third kappa shape index (κ3) is 17.8. The molecule has 0 spiro atoms. The zero-order valence-corrected chi connectivity index (χ0v) is 63.6. The fourth-order valence-electron chi connectivity index (χ4n) is 15.1. The number of aromatic nitrogens is 4. The van der Waals surface area contributed by atoms with Gasteiger partial charge in [-0.05, 0) is 226 Å². The summed E-state index contributed by atoms with van der Waals surface area (Å²) in [6.07, 6.45) is 12.9. The summed E-state index contributed by atoms with van der Waals surface area (Å²) in [5.74, 6) is 0.357. The van der Waals surface area contributed by atoms with E-state index >= 15 is 0 Å². The van der Waals surface area contributed by atoms with Crippen molar-refractivity contribution in [1.29, 1.82) is 0 Å². The van der Waals surface area contributed by atoms with Crippen molar-refractivity contribution in [3.63, 3.8) is 0 Å². The number of ether oxygens (including phenoxy) is 4. The highest BCUT2D eigenvalue weighted by Gasteiger charge is 2.41. The molecular formula is C84H102N12O11. The zero-order valence-electron chi connectivity index (χ0n) is 63.6. The number of nitrogens with one attached hydrogen (secondary N) is 5. The van der Waals surface area contributed by atoms with Gasteiger partial charge in [-0.15, -0.1) is 0 Å². The quantitative estimate of drug-likeness (QED) is 0.0491. The Bertz CT molecular complexity index is 4780. The highest BCUT2D eigenvalue weighted by molar-refractivity contribution is 6.05. The van der Waals surface area contributed by atoms with E-state index in [1.165, 1.54) is 54.7 Å². The summed E-state index contributed by atoms with van der Waals surface area (Å²) in [5, 5.41) is 22.1. The van der Waals surface area contributed by atoms with E-state index in [0.717, 1.165) is 142 Å². The van der Waals surface area contributed by atoms with Crippen molar-refractivity contribution < 1.29 is 52.8 Å². The molecule has 6 N–H and O–H groups in total. The van der Waals surface area contributed by atoms with Gasteiger partial charge >= 0.3 is 30.3 Å². The number of allylic oxidation sites excluding steroid dienone is 2. The number of aliphatic imine (C=N–C) groups is 2. The maximum absolute atomic E-state index is 13.7. The average Bonchev–Trinajstić information content (AvgIpc) is 1.69. The number of nitrogens with zero attached hydrogens (tertiary/aromatic N) is 7. The molecule has 0 saturated carbocycles. The normalized spacial score (nSPS) is 19.8. The molecule has 0 radical (unpaired) electrons. The third-order valence-corrected chi connectivity index (χ3v) is 21.3. The van der Waals surface area contributed by atoms with Crippen LogP contribution in [0.25, 0.3) is 77.0 Å². The van der Waals surface area contributed by atoms with Crippen molar-refractivity contribution in [2.24, 2.45) is 21.8 Å². The molecule has 8 atom stereocenters. The van der Waals surface area contributed by atoms with Gasteiger partial charge in [0.2, 0.25) is 5.91 Å². The molecule has 0 bridgehead atoms. The molecule has 2 aromatic heterocycles. The summed E-state index contributed by atoms with van der Waals surface area (Å²) in [6.45, 7) is 22.1. The number of fused-ring (bicyclic) bond motifs is 4. The lowest BCUT2D eigenvalue weighted by Crippen LogP contribution is -2.54. The van der Waals surface area contributed by atoms with Gasteiger partial charge in [0, 0.05) is 62.3 Å². The predicted molar refractivity (Wildman–Crippen MR) is 419 cm³/mol. The first kappa shape index (κ1) is 76.2. The summed E-state index contributed by atoms with van der Waals surface area (Å²) in [6, 6.07) is 37.6. The smallest absolute Gasteiger partial charge is 0.410 e. The topological polar surface area (TPSA) is 287 Å². The second kappa shape index (κ2) is 32.7. The number of amides is 5. The number of hydrogen-bond donors (Lipinski definition) is 6. The number of carboxylic acids is 1. The molecule has 5 amide bonds. The van der Waals surface area contributed by atoms with Crippen LogP contribution in [0.15, 0.2) is 132 Å². The van der Waals surface area contributed by atoms with Crippen LogP contribution in [0.5, 0.6) is 0 Å². The van der Waals surface area contributed by atoms with E-state index in [1.807, 2.05) is 84.4 Å². The van der Waals surface area contributed by atoms with Gasteiger partial charge in [0.05, 0.1) is 54.4 Å². The molecular weight excluding hydrogens is 1350 g/mol. The molecule has 8 heterocycles. The van der Waals surface area contributed by atoms with E-state index in [4.69, 9.17) is 39.3 Å². The van der Waals surface area contributed by atoms with Crippen molar-refractivity contribution in [3.8, 4) is 22.3 Å². The average molecular weight is 1460 g/mol. The minimum atomic E-state index is -1.04. The molecule has 23 nitrogen and oxygen atoms in total. The highest BCUT2D eigenvalue weighted by Crippen LogP contribution is 2.39. The number of likely N-dealkylation sites (tertiary alicyclic amines) is 3. The molecule has 8 aromatic rings. The van der Waals surface area contributed by atoms with Crippen LogP contribution in [0.2, 0.25) is 0 Å². The predicted octanol–water partition coefficient (Wildman–Crippen LogP) is 16.6. The second-order valence-corrected chi connectivity index (χ2v) is 31.0. The number of alkyl carbamates (subject to hydrolysis) is 2. The highest BCUT2D eigenvalue weighted by atomic mass is 16.6. The number of rotatable bonds is 16. The van der Waals surface area contributed by atoms with Crippen molar-refractivity contribution in [2.75, 3.05) is 40.4 Å². The van der Waals surface area contributed by atoms with Crippen LogP contribution in [0.3, 0.4) is 0 Å². The maximum Gasteiger partial charge on any atom is 0.410 e. The molecule has 6 aliphatic rings. The number of aromatic amines is 2. The van der Waals surface area contributed by atoms with Gasteiger partial charge in [0.25, 0.3) is 0 Å². The van der Waals surface area contributed by atoms with Crippen LogP contribution in [0, 0.1) is 11.8 Å². The van der Waals surface area contributed by atoms with Crippen molar-refractivity contribution in [1.82, 2.24) is 50.6 Å². The Morgan fingerprint density at radius 3 is 1.36 bits per heavy atom. The summed E-state index contributed by atoms with van der Waals surface area (Å²) in [5.41, 5.74) is 14.2. The standard InChI is InChI=1S/C42H50N6O5.C34H37N5O2.C8H15NO4/c1-7-25(2)37(46-40(50)52-6)39(49)47-18-8-10-35(47)34-23-31(24-43-34)29-15-14-26-20-28(13-12-27(26)21-29)30-16-17-32-33(22-30)45-38(44-32)36-11-9-19-48(36)41(51)53-42(3,4)5;1-34(2,3)41-33(40)39-15-5-7-31(39)32-37-28-13-12-25(18-30(28)38-32)23-9-8-22-17-24(11-10-21(22)16-23)26-19-29(36-20-26)27-6-4-14-35-27;1-4-5(2)6(7(10)11)9-8(12)13-3/h12-17,20-22,24-25,35-37H,7-11,18-19,23H2,1-6H3,(H,44,45)(H,46,50);8-13,16-18,20,27,31,35H,4-7,14-15,19H2,1-3H3,(H,37,38);5-6H,4H2,1-3H3,(H,9,12)(H,10,11)/t25-,35-,36-,37-;27-,31-;5-,6-/m000/s1. The minimum absolute atomic E-state index is 0.0262. The van der Waals surface area contributed by atoms with Crippen molar-refractivity contribution >= 4 is 102 Å². The lowest BCUT2D eigenvalue weighted by Gasteiger charge is -2.31. The first-order chi connectivity index (χ1) is 51.2. The number of benzene rings is 6. The van der Waals surface area contributed by atoms with Gasteiger partial charge in [-0.3, -0.25) is 24.6 Å². The Kier molecular flexibility index (Phi) is 23.3. The minimum Gasteiger partial charge on any atom is -0.480 e. The molecule has 0 unspecified atom stereocenters. The molecule has 14 rings (SSSR count). The molecule has 0 aliphatic carbocycles. The summed E-state index contributed by atoms with van der Waals surface area (Å²) in [4.78, 5) is 105. The van der Waals surface area contributed by atoms with E-state index < -0.39 is 41.4 Å². The summed E-state index contributed by atoms with van der Waals surface area (Å²) < 4.78 is 20.5. The molecule has 564 valence electrons. The SMILES string of the molecule is CC(C)(C)OC(=O)N1CCC[C@H]1c1nc2ccc(-c3ccc4cc(C5=CN=C([C@@H]6CCCN6)C5)ccc4c3)cc2[nH]1.CC[C@H](C)[C@H](NC(=O)OC)C(=O)N1CCC[C@H]1C1=NC=C(c2ccc3cc(-c4ccc5nc([C@@H]6CCCN6C(=O)OC(C)(C)C)[nH]c5c4)ccc3c2)C1.CC[C@H](C)[C@H](NC(=O)OC)C(=O)O. The largest absolute Gasteiger partial charge is 0.480 e. The number of carbonyl (C=O) groups is 6. The van der Waals surface area contributed by atoms with Crippen LogP contribution in [0.1, 0.15) is 181 Å². The van der Waals surface area contributed by atoms with Gasteiger partial charge < -0.3 is 54.9 Å². The zero-order chi connectivity index (χ0) is 76.0. The number of methoxy groups -OCH3 is 2. The van der Waals surface area contributed by atoms with Crippen molar-refractivity contribution in [3.05, 3.63) is 144 Å². The Morgan fingerprint density at radius 1 is 0.514 bits per heavy atom. The Morgan fingerprint density at radius 2 is 0.916 bits per heavy atom. The second-order valence-electron chi connectivity index (χ2n) is 31.0. The Labute approximate surface area is 625 Å². The first-order valence-electron chi connectivity index (χ1n) is 37.8. The van der Waals surface area contributed by atoms with Gasteiger partial charge in [-0.25, -0.2) is 33.9 Å². The van der Waals surface area contributed by atoms with E-state index in [-0.39, 0.29) is 48.1 Å². The van der Waals surface area contributed by atoms with Gasteiger partial charge in [-0.2, -0.15) is 0 Å².